The standard InChI is InChI=1S/C18H24BrNS/c1-4-14(5-2)18(15-9-7-6-8-10-15)20-13(3)16-11-12-17(19)21-16/h6-14,18,20H,4-5H2,1-3H3. The molecule has 0 aliphatic rings. The first-order chi connectivity index (χ1) is 10.2. The molecular weight excluding hydrogens is 342 g/mol. The van der Waals surface area contributed by atoms with Crippen LogP contribution in [0.1, 0.15) is 56.1 Å². The van der Waals surface area contributed by atoms with E-state index >= 15 is 0 Å². The number of nitrogens with one attached hydrogen (secondary N) is 1. The fourth-order valence-electron chi connectivity index (χ4n) is 2.84. The summed E-state index contributed by atoms with van der Waals surface area (Å²) in [5.41, 5.74) is 1.40. The fourth-order valence-corrected chi connectivity index (χ4v) is 4.27. The summed E-state index contributed by atoms with van der Waals surface area (Å²) in [6, 6.07) is 16.0. The molecule has 0 aliphatic heterocycles. The first kappa shape index (κ1) is 16.7. The molecular formula is C18H24BrNS. The van der Waals surface area contributed by atoms with Gasteiger partial charge in [0.1, 0.15) is 0 Å². The smallest absolute Gasteiger partial charge is 0.0701 e. The van der Waals surface area contributed by atoms with Crippen molar-refractivity contribution in [2.75, 3.05) is 0 Å². The molecule has 2 unspecified atom stereocenters. The van der Waals surface area contributed by atoms with E-state index in [-0.39, 0.29) is 0 Å². The second-order valence-corrected chi connectivity index (χ2v) is 7.99. The highest BCUT2D eigenvalue weighted by atomic mass is 79.9. The molecule has 2 atom stereocenters. The van der Waals surface area contributed by atoms with Crippen LogP contribution in [0.25, 0.3) is 0 Å². The van der Waals surface area contributed by atoms with Crippen molar-refractivity contribution in [3.63, 3.8) is 0 Å². The Labute approximate surface area is 140 Å². The van der Waals surface area contributed by atoms with Gasteiger partial charge < -0.3 is 5.32 Å². The third-order valence-corrected chi connectivity index (χ3v) is 5.94. The van der Waals surface area contributed by atoms with E-state index in [0.29, 0.717) is 18.0 Å². The van der Waals surface area contributed by atoms with Crippen molar-refractivity contribution in [2.24, 2.45) is 5.92 Å². The molecule has 1 aromatic heterocycles. The van der Waals surface area contributed by atoms with E-state index in [4.69, 9.17) is 0 Å². The maximum absolute atomic E-state index is 3.85. The van der Waals surface area contributed by atoms with Crippen molar-refractivity contribution >= 4 is 27.3 Å². The van der Waals surface area contributed by atoms with Crippen LogP contribution < -0.4 is 5.32 Å². The summed E-state index contributed by atoms with van der Waals surface area (Å²) in [6.07, 6.45) is 2.40. The van der Waals surface area contributed by atoms with Crippen LogP contribution in [0.2, 0.25) is 0 Å². The molecule has 0 saturated carbocycles. The second-order valence-electron chi connectivity index (χ2n) is 5.50. The van der Waals surface area contributed by atoms with Crippen molar-refractivity contribution in [1.29, 1.82) is 0 Å². The molecule has 0 radical (unpaired) electrons. The minimum atomic E-state index is 0.368. The molecule has 1 nitrogen and oxygen atoms in total. The normalized spacial score (nSPS) is 14.3. The summed E-state index contributed by atoms with van der Waals surface area (Å²) in [4.78, 5) is 1.38. The van der Waals surface area contributed by atoms with Gasteiger partial charge in [-0.2, -0.15) is 0 Å². The second kappa shape index (κ2) is 8.11. The molecule has 0 saturated heterocycles. The topological polar surface area (TPSA) is 12.0 Å². The molecule has 1 N–H and O–H groups in total. The third-order valence-electron chi connectivity index (χ3n) is 4.13. The first-order valence-electron chi connectivity index (χ1n) is 7.71. The van der Waals surface area contributed by atoms with E-state index in [1.807, 2.05) is 11.3 Å². The molecule has 3 heteroatoms. The van der Waals surface area contributed by atoms with E-state index in [1.165, 1.54) is 27.1 Å². The van der Waals surface area contributed by atoms with Gasteiger partial charge in [-0.15, -0.1) is 11.3 Å². The zero-order valence-electron chi connectivity index (χ0n) is 13.0. The van der Waals surface area contributed by atoms with E-state index < -0.39 is 0 Å². The van der Waals surface area contributed by atoms with Gasteiger partial charge in [-0.25, -0.2) is 0 Å². The van der Waals surface area contributed by atoms with Crippen LogP contribution >= 0.6 is 27.3 Å². The van der Waals surface area contributed by atoms with E-state index in [0.717, 1.165) is 0 Å². The van der Waals surface area contributed by atoms with E-state index in [9.17, 15) is 0 Å². The van der Waals surface area contributed by atoms with Gasteiger partial charge in [0, 0.05) is 17.0 Å². The molecule has 2 aromatic rings. The lowest BCUT2D eigenvalue weighted by Crippen LogP contribution is -2.30. The third kappa shape index (κ3) is 4.41. The van der Waals surface area contributed by atoms with Crippen LogP contribution in [0.3, 0.4) is 0 Å². The number of halogens is 1. The Morgan fingerprint density at radius 2 is 1.71 bits per heavy atom. The molecule has 21 heavy (non-hydrogen) atoms. The van der Waals surface area contributed by atoms with Crippen molar-refractivity contribution in [2.45, 2.75) is 45.7 Å². The molecule has 0 amide bonds. The summed E-state index contributed by atoms with van der Waals surface area (Å²) < 4.78 is 1.20. The van der Waals surface area contributed by atoms with Crippen LogP contribution in [-0.2, 0) is 0 Å². The minimum absolute atomic E-state index is 0.368. The number of thiophene rings is 1. The Balaban J connectivity index is 2.19. The Morgan fingerprint density at radius 1 is 1.05 bits per heavy atom. The fraction of sp³-hybridized carbons (Fsp3) is 0.444. The van der Waals surface area contributed by atoms with Crippen LogP contribution in [0.15, 0.2) is 46.3 Å². The van der Waals surface area contributed by atoms with Gasteiger partial charge in [0.2, 0.25) is 0 Å². The first-order valence-corrected chi connectivity index (χ1v) is 9.32. The quantitative estimate of drug-likeness (QED) is 0.603. The van der Waals surface area contributed by atoms with Crippen molar-refractivity contribution in [3.05, 3.63) is 56.7 Å². The zero-order valence-corrected chi connectivity index (χ0v) is 15.4. The van der Waals surface area contributed by atoms with Crippen LogP contribution in [0, 0.1) is 5.92 Å². The van der Waals surface area contributed by atoms with Gasteiger partial charge in [0.25, 0.3) is 0 Å². The average Bonchev–Trinajstić information content (AvgIpc) is 2.95. The van der Waals surface area contributed by atoms with Crippen LogP contribution in [0.4, 0.5) is 0 Å². The Bertz CT molecular complexity index is 533. The molecule has 0 fully saturated rings. The molecule has 2 rings (SSSR count). The summed E-state index contributed by atoms with van der Waals surface area (Å²) in [6.45, 7) is 6.84. The summed E-state index contributed by atoms with van der Waals surface area (Å²) in [7, 11) is 0. The molecule has 1 heterocycles. The van der Waals surface area contributed by atoms with Crippen molar-refractivity contribution < 1.29 is 0 Å². The monoisotopic (exact) mass is 365 g/mol. The molecule has 0 bridgehead atoms. The van der Waals surface area contributed by atoms with Gasteiger partial charge >= 0.3 is 0 Å². The molecule has 114 valence electrons. The molecule has 1 aromatic carbocycles. The summed E-state index contributed by atoms with van der Waals surface area (Å²) in [5, 5.41) is 3.85. The predicted octanol–water partition coefficient (Wildman–Crippen LogP) is 6.34. The summed E-state index contributed by atoms with van der Waals surface area (Å²) >= 11 is 5.37. The maximum atomic E-state index is 3.85. The lowest BCUT2D eigenvalue weighted by atomic mass is 9.88. The number of benzene rings is 1. The predicted molar refractivity (Wildman–Crippen MR) is 96.8 cm³/mol. The Hall–Kier alpha value is -0.640. The SMILES string of the molecule is CCC(CC)C(NC(C)c1ccc(Br)s1)c1ccccc1. The largest absolute Gasteiger partial charge is 0.302 e. The molecule has 0 aliphatic carbocycles. The highest BCUT2D eigenvalue weighted by molar-refractivity contribution is 9.11. The van der Waals surface area contributed by atoms with E-state index in [2.05, 4.69) is 84.5 Å². The summed E-state index contributed by atoms with van der Waals surface area (Å²) in [5.74, 6) is 0.665. The van der Waals surface area contributed by atoms with Crippen LogP contribution in [0.5, 0.6) is 0 Å². The Kier molecular flexibility index (Phi) is 6.46. The maximum Gasteiger partial charge on any atom is 0.0701 e. The highest BCUT2D eigenvalue weighted by Crippen LogP contribution is 2.33. The lowest BCUT2D eigenvalue weighted by Gasteiger charge is -2.30. The van der Waals surface area contributed by atoms with Crippen LogP contribution in [-0.4, -0.2) is 0 Å². The highest BCUT2D eigenvalue weighted by Gasteiger charge is 2.22. The Morgan fingerprint density at radius 3 is 2.24 bits per heavy atom. The van der Waals surface area contributed by atoms with Gasteiger partial charge in [0.15, 0.2) is 0 Å². The van der Waals surface area contributed by atoms with Gasteiger partial charge in [-0.1, -0.05) is 57.0 Å². The van der Waals surface area contributed by atoms with Crippen molar-refractivity contribution in [3.8, 4) is 0 Å². The van der Waals surface area contributed by atoms with Gasteiger partial charge in [-0.05, 0) is 46.5 Å². The average molecular weight is 366 g/mol. The molecule has 0 spiro atoms. The van der Waals surface area contributed by atoms with Crippen molar-refractivity contribution in [1.82, 2.24) is 5.32 Å². The number of rotatable bonds is 7. The number of hydrogen-bond acceptors (Lipinski definition) is 2. The van der Waals surface area contributed by atoms with Gasteiger partial charge in [-0.3, -0.25) is 0 Å². The zero-order chi connectivity index (χ0) is 15.2. The minimum Gasteiger partial charge on any atom is -0.302 e. The van der Waals surface area contributed by atoms with E-state index in [1.54, 1.807) is 0 Å². The number of hydrogen-bond donors (Lipinski definition) is 1. The van der Waals surface area contributed by atoms with Gasteiger partial charge in [0.05, 0.1) is 3.79 Å². The lowest BCUT2D eigenvalue weighted by molar-refractivity contribution is 0.318.